The number of thiol groups is 1. The van der Waals surface area contributed by atoms with Crippen LogP contribution in [0.15, 0.2) is 0 Å². The first-order chi connectivity index (χ1) is 4.81. The fourth-order valence-corrected chi connectivity index (χ4v) is 1.000. The zero-order valence-electron chi connectivity index (χ0n) is 6.58. The van der Waals surface area contributed by atoms with Gasteiger partial charge in [-0.15, -0.1) is 0 Å². The molecule has 0 rings (SSSR count). The topological polar surface area (TPSA) is 23.5 Å². The van der Waals surface area contributed by atoms with Crippen molar-refractivity contribution in [1.29, 1.82) is 0 Å². The molecule has 0 aliphatic carbocycles. The number of aliphatic hydroxyl groups is 1. The van der Waals surface area contributed by atoms with Crippen molar-refractivity contribution in [2.45, 2.75) is 12.8 Å². The second-order valence-electron chi connectivity index (χ2n) is 2.46. The highest BCUT2D eigenvalue weighted by Gasteiger charge is 1.94. The summed E-state index contributed by atoms with van der Waals surface area (Å²) in [5, 5.41) is 8.54. The standard InChI is InChI=1S/C7H17NOS/c1-8(5-6-9)4-2-3-7-10/h9-10H,2-7H2,1H3. The molecule has 0 aliphatic rings. The van der Waals surface area contributed by atoms with Crippen LogP contribution in [0, 0.1) is 0 Å². The van der Waals surface area contributed by atoms with Crippen LogP contribution in [-0.2, 0) is 0 Å². The van der Waals surface area contributed by atoms with Gasteiger partial charge in [0.1, 0.15) is 0 Å². The van der Waals surface area contributed by atoms with Crippen LogP contribution in [0.2, 0.25) is 0 Å². The quantitative estimate of drug-likeness (QED) is 0.443. The molecular weight excluding hydrogens is 146 g/mol. The molecule has 0 saturated heterocycles. The number of hydrogen-bond donors (Lipinski definition) is 2. The Labute approximate surface area is 68.6 Å². The normalized spacial score (nSPS) is 10.8. The van der Waals surface area contributed by atoms with E-state index in [2.05, 4.69) is 17.5 Å². The van der Waals surface area contributed by atoms with Gasteiger partial charge in [0.15, 0.2) is 0 Å². The summed E-state index contributed by atoms with van der Waals surface area (Å²) < 4.78 is 0. The van der Waals surface area contributed by atoms with E-state index in [1.54, 1.807) is 0 Å². The summed E-state index contributed by atoms with van der Waals surface area (Å²) >= 11 is 4.11. The predicted octanol–water partition coefficient (Wildman–Crippen LogP) is 0.620. The number of nitrogens with zero attached hydrogens (tertiary/aromatic N) is 1. The lowest BCUT2D eigenvalue weighted by molar-refractivity contribution is 0.220. The first kappa shape index (κ1) is 10.3. The molecule has 2 nitrogen and oxygen atoms in total. The van der Waals surface area contributed by atoms with Crippen molar-refractivity contribution < 1.29 is 5.11 Å². The minimum atomic E-state index is 0.261. The van der Waals surface area contributed by atoms with Gasteiger partial charge in [0.05, 0.1) is 6.61 Å². The lowest BCUT2D eigenvalue weighted by Crippen LogP contribution is -2.23. The third kappa shape index (κ3) is 6.39. The van der Waals surface area contributed by atoms with Gasteiger partial charge in [0.25, 0.3) is 0 Å². The second-order valence-corrected chi connectivity index (χ2v) is 2.90. The van der Waals surface area contributed by atoms with E-state index in [9.17, 15) is 0 Å². The molecule has 0 aromatic carbocycles. The summed E-state index contributed by atoms with van der Waals surface area (Å²) in [6.07, 6.45) is 2.35. The first-order valence-corrected chi connectivity index (χ1v) is 4.34. The van der Waals surface area contributed by atoms with Crippen LogP contribution >= 0.6 is 12.6 Å². The monoisotopic (exact) mass is 163 g/mol. The molecule has 0 atom stereocenters. The SMILES string of the molecule is CN(CCO)CCCCS. The highest BCUT2D eigenvalue weighted by Crippen LogP contribution is 1.93. The number of aliphatic hydroxyl groups excluding tert-OH is 1. The maximum atomic E-state index is 8.54. The van der Waals surface area contributed by atoms with Gasteiger partial charge in [-0.2, -0.15) is 12.6 Å². The van der Waals surface area contributed by atoms with Gasteiger partial charge in [0, 0.05) is 6.54 Å². The molecule has 10 heavy (non-hydrogen) atoms. The molecule has 0 amide bonds. The Kier molecular flexibility index (Phi) is 7.58. The van der Waals surface area contributed by atoms with E-state index >= 15 is 0 Å². The van der Waals surface area contributed by atoms with Crippen molar-refractivity contribution in [3.05, 3.63) is 0 Å². The van der Waals surface area contributed by atoms with E-state index in [0.29, 0.717) is 0 Å². The molecule has 0 aliphatic heterocycles. The van der Waals surface area contributed by atoms with Crippen molar-refractivity contribution >= 4 is 12.6 Å². The van der Waals surface area contributed by atoms with Crippen molar-refractivity contribution in [3.63, 3.8) is 0 Å². The van der Waals surface area contributed by atoms with E-state index in [1.807, 2.05) is 7.05 Å². The van der Waals surface area contributed by atoms with Crippen molar-refractivity contribution in [3.8, 4) is 0 Å². The minimum Gasteiger partial charge on any atom is -0.395 e. The molecule has 3 heteroatoms. The molecule has 0 aromatic heterocycles. The minimum absolute atomic E-state index is 0.261. The van der Waals surface area contributed by atoms with Gasteiger partial charge in [0.2, 0.25) is 0 Å². The molecule has 0 aromatic rings. The number of likely N-dealkylation sites (N-methyl/N-ethyl adjacent to an activating group) is 1. The van der Waals surface area contributed by atoms with E-state index in [0.717, 1.165) is 18.8 Å². The second kappa shape index (κ2) is 7.38. The number of rotatable bonds is 6. The summed E-state index contributed by atoms with van der Waals surface area (Å²) in [6.45, 7) is 2.12. The van der Waals surface area contributed by atoms with Gasteiger partial charge in [-0.1, -0.05) is 0 Å². The van der Waals surface area contributed by atoms with Crippen LogP contribution in [0.1, 0.15) is 12.8 Å². The summed E-state index contributed by atoms with van der Waals surface area (Å²) in [7, 11) is 2.02. The summed E-state index contributed by atoms with van der Waals surface area (Å²) in [4.78, 5) is 2.13. The van der Waals surface area contributed by atoms with Gasteiger partial charge in [-0.05, 0) is 32.2 Å². The zero-order chi connectivity index (χ0) is 7.82. The van der Waals surface area contributed by atoms with Crippen LogP contribution in [0.5, 0.6) is 0 Å². The van der Waals surface area contributed by atoms with Gasteiger partial charge in [-0.3, -0.25) is 0 Å². The molecule has 0 unspecified atom stereocenters. The molecule has 0 fully saturated rings. The number of hydrogen-bond acceptors (Lipinski definition) is 3. The molecule has 0 saturated carbocycles. The fourth-order valence-electron chi connectivity index (χ4n) is 0.776. The van der Waals surface area contributed by atoms with E-state index in [4.69, 9.17) is 5.11 Å². The Bertz CT molecular complexity index is 70.6. The lowest BCUT2D eigenvalue weighted by atomic mass is 10.3. The van der Waals surface area contributed by atoms with Crippen molar-refractivity contribution in [2.24, 2.45) is 0 Å². The molecule has 1 N–H and O–H groups in total. The molecular formula is C7H17NOS. The average molecular weight is 163 g/mol. The molecule has 62 valence electrons. The first-order valence-electron chi connectivity index (χ1n) is 3.71. The van der Waals surface area contributed by atoms with E-state index in [1.165, 1.54) is 12.8 Å². The summed E-state index contributed by atoms with van der Waals surface area (Å²) in [5.74, 6) is 0.965. The highest BCUT2D eigenvalue weighted by atomic mass is 32.1. The van der Waals surface area contributed by atoms with Gasteiger partial charge < -0.3 is 10.0 Å². The summed E-state index contributed by atoms with van der Waals surface area (Å²) in [6, 6.07) is 0. The highest BCUT2D eigenvalue weighted by molar-refractivity contribution is 7.80. The van der Waals surface area contributed by atoms with Crippen LogP contribution in [0.3, 0.4) is 0 Å². The van der Waals surface area contributed by atoms with Crippen LogP contribution < -0.4 is 0 Å². The van der Waals surface area contributed by atoms with Gasteiger partial charge >= 0.3 is 0 Å². The van der Waals surface area contributed by atoms with E-state index < -0.39 is 0 Å². The Morgan fingerprint density at radius 1 is 1.30 bits per heavy atom. The molecule has 0 spiro atoms. The molecule has 0 radical (unpaired) electrons. The Hall–Kier alpha value is 0.270. The fraction of sp³-hybridized carbons (Fsp3) is 1.00. The largest absolute Gasteiger partial charge is 0.395 e. The number of unbranched alkanes of at least 4 members (excludes halogenated alkanes) is 1. The predicted molar refractivity (Wildman–Crippen MR) is 47.7 cm³/mol. The maximum Gasteiger partial charge on any atom is 0.0558 e. The lowest BCUT2D eigenvalue weighted by Gasteiger charge is -2.13. The zero-order valence-corrected chi connectivity index (χ0v) is 7.48. The Morgan fingerprint density at radius 2 is 2.00 bits per heavy atom. The third-order valence-electron chi connectivity index (χ3n) is 1.43. The Balaban J connectivity index is 2.97. The average Bonchev–Trinajstić information content (AvgIpc) is 1.89. The van der Waals surface area contributed by atoms with Crippen molar-refractivity contribution in [1.82, 2.24) is 4.90 Å². The van der Waals surface area contributed by atoms with Crippen LogP contribution in [0.4, 0.5) is 0 Å². The smallest absolute Gasteiger partial charge is 0.0558 e. The van der Waals surface area contributed by atoms with Crippen molar-refractivity contribution in [2.75, 3.05) is 32.5 Å². The van der Waals surface area contributed by atoms with Gasteiger partial charge in [-0.25, -0.2) is 0 Å². The third-order valence-corrected chi connectivity index (χ3v) is 1.75. The summed E-state index contributed by atoms with van der Waals surface area (Å²) in [5.41, 5.74) is 0. The maximum absolute atomic E-state index is 8.54. The molecule has 0 bridgehead atoms. The molecule has 0 heterocycles. The van der Waals surface area contributed by atoms with E-state index in [-0.39, 0.29) is 6.61 Å². The van der Waals surface area contributed by atoms with Crippen LogP contribution in [0.25, 0.3) is 0 Å². The Morgan fingerprint density at radius 3 is 2.50 bits per heavy atom. The van der Waals surface area contributed by atoms with Crippen LogP contribution in [-0.4, -0.2) is 42.5 Å².